The van der Waals surface area contributed by atoms with Crippen molar-refractivity contribution in [3.05, 3.63) is 0 Å². The second-order valence-corrected chi connectivity index (χ2v) is 7.41. The number of methoxy groups -OCH3 is 1. The summed E-state index contributed by atoms with van der Waals surface area (Å²) in [5.74, 6) is -0.640. The summed E-state index contributed by atoms with van der Waals surface area (Å²) in [5.41, 5.74) is -2.75. The smallest absolute Gasteiger partial charge is 0.349 e. The van der Waals surface area contributed by atoms with Crippen LogP contribution in [0.5, 0.6) is 0 Å². The lowest BCUT2D eigenvalue weighted by Crippen LogP contribution is -2.59. The summed E-state index contributed by atoms with van der Waals surface area (Å²) in [7, 11) is 1.52. The largest absolute Gasteiger partial charge is 0.457 e. The van der Waals surface area contributed by atoms with Gasteiger partial charge in [0.2, 0.25) is 5.60 Å². The van der Waals surface area contributed by atoms with Gasteiger partial charge in [-0.05, 0) is 33.1 Å². The molecule has 2 aliphatic rings. The summed E-state index contributed by atoms with van der Waals surface area (Å²) in [6.07, 6.45) is 0.932. The van der Waals surface area contributed by atoms with Crippen LogP contribution in [0.3, 0.4) is 0 Å². The first-order valence-corrected chi connectivity index (χ1v) is 7.57. The van der Waals surface area contributed by atoms with E-state index in [1.165, 1.54) is 7.11 Å². The van der Waals surface area contributed by atoms with E-state index in [0.717, 1.165) is 0 Å². The van der Waals surface area contributed by atoms with Crippen molar-refractivity contribution in [1.82, 2.24) is 0 Å². The molecule has 2 bridgehead atoms. The Balaban J connectivity index is 2.42. The molecule has 0 amide bonds. The Morgan fingerprint density at radius 3 is 2.48 bits per heavy atom. The number of fused-ring (bicyclic) bond motifs is 2. The van der Waals surface area contributed by atoms with Crippen LogP contribution in [-0.2, 0) is 23.8 Å². The summed E-state index contributed by atoms with van der Waals surface area (Å²) < 4.78 is 17.0. The zero-order valence-electron chi connectivity index (χ0n) is 13.8. The maximum Gasteiger partial charge on any atom is 0.349 e. The maximum absolute atomic E-state index is 12.7. The average Bonchev–Trinajstić information content (AvgIpc) is 2.65. The number of hydrogen-bond acceptors (Lipinski definition) is 5. The van der Waals surface area contributed by atoms with Gasteiger partial charge < -0.3 is 14.2 Å². The molecule has 0 aromatic heterocycles. The molecule has 0 spiro atoms. The number of carbonyl (C=O) groups excluding carboxylic acids is 2. The van der Waals surface area contributed by atoms with E-state index in [-0.39, 0.29) is 11.7 Å². The number of carbonyl (C=O) groups is 2. The SMILES string of the molecule is CO[C@@H]1C[C@@]2(C(C)C)CCC(=O)[C@]1(C(=O)OC(C)(C)C)O2. The van der Waals surface area contributed by atoms with Gasteiger partial charge in [-0.1, -0.05) is 13.8 Å². The van der Waals surface area contributed by atoms with Crippen LogP contribution in [0.15, 0.2) is 0 Å². The topological polar surface area (TPSA) is 61.8 Å². The van der Waals surface area contributed by atoms with Crippen LogP contribution >= 0.6 is 0 Å². The molecule has 5 heteroatoms. The van der Waals surface area contributed by atoms with Gasteiger partial charge in [0.05, 0.1) is 5.60 Å². The van der Waals surface area contributed by atoms with Gasteiger partial charge in [0.15, 0.2) is 5.78 Å². The minimum atomic E-state index is -1.59. The fourth-order valence-corrected chi connectivity index (χ4v) is 3.32. The lowest BCUT2D eigenvalue weighted by Gasteiger charge is -2.41. The van der Waals surface area contributed by atoms with Gasteiger partial charge in [-0.15, -0.1) is 0 Å². The van der Waals surface area contributed by atoms with E-state index in [9.17, 15) is 9.59 Å². The Labute approximate surface area is 126 Å². The molecular weight excluding hydrogens is 272 g/mol. The van der Waals surface area contributed by atoms with Gasteiger partial charge in [0, 0.05) is 20.0 Å². The third kappa shape index (κ3) is 2.50. The van der Waals surface area contributed by atoms with Crippen LogP contribution in [-0.4, -0.2) is 41.8 Å². The Morgan fingerprint density at radius 2 is 2.00 bits per heavy atom. The fourth-order valence-electron chi connectivity index (χ4n) is 3.32. The Bertz CT molecular complexity index is 450. The monoisotopic (exact) mass is 298 g/mol. The molecule has 0 N–H and O–H groups in total. The first kappa shape index (κ1) is 16.4. The molecule has 2 aliphatic heterocycles. The number of esters is 1. The summed E-state index contributed by atoms with van der Waals surface area (Å²) in [5, 5.41) is 0. The lowest BCUT2D eigenvalue weighted by molar-refractivity contribution is -0.212. The first-order valence-electron chi connectivity index (χ1n) is 7.57. The van der Waals surface area contributed by atoms with Crippen LogP contribution in [0.25, 0.3) is 0 Å². The van der Waals surface area contributed by atoms with E-state index in [2.05, 4.69) is 0 Å². The number of Topliss-reactive ketones (excluding diaryl/α,β-unsaturated/α-hetero) is 1. The van der Waals surface area contributed by atoms with Crippen molar-refractivity contribution in [2.24, 2.45) is 5.92 Å². The number of rotatable bonds is 3. The van der Waals surface area contributed by atoms with Crippen molar-refractivity contribution >= 4 is 11.8 Å². The second-order valence-electron chi connectivity index (χ2n) is 7.41. The van der Waals surface area contributed by atoms with E-state index in [1.807, 2.05) is 13.8 Å². The quantitative estimate of drug-likeness (QED) is 0.591. The zero-order chi connectivity index (χ0) is 16.1. The van der Waals surface area contributed by atoms with Gasteiger partial charge >= 0.3 is 5.97 Å². The van der Waals surface area contributed by atoms with E-state index >= 15 is 0 Å². The van der Waals surface area contributed by atoms with Crippen LogP contribution in [0.4, 0.5) is 0 Å². The van der Waals surface area contributed by atoms with E-state index in [0.29, 0.717) is 19.3 Å². The van der Waals surface area contributed by atoms with E-state index < -0.39 is 28.9 Å². The molecule has 2 rings (SSSR count). The minimum absolute atomic E-state index is 0.201. The summed E-state index contributed by atoms with van der Waals surface area (Å²) in [4.78, 5) is 25.2. The highest BCUT2D eigenvalue weighted by molar-refractivity contribution is 6.09. The van der Waals surface area contributed by atoms with Gasteiger partial charge in [-0.2, -0.15) is 0 Å². The molecule has 0 aromatic rings. The molecule has 0 aromatic carbocycles. The van der Waals surface area contributed by atoms with E-state index in [4.69, 9.17) is 14.2 Å². The van der Waals surface area contributed by atoms with E-state index in [1.54, 1.807) is 20.8 Å². The number of ketones is 1. The summed E-state index contributed by atoms with van der Waals surface area (Å²) >= 11 is 0. The predicted octanol–water partition coefficient (Wildman–Crippen LogP) is 2.26. The Morgan fingerprint density at radius 1 is 1.38 bits per heavy atom. The molecule has 21 heavy (non-hydrogen) atoms. The highest BCUT2D eigenvalue weighted by Crippen LogP contribution is 2.51. The normalized spacial score (nSPS) is 36.1. The Kier molecular flexibility index (Phi) is 3.96. The second kappa shape index (κ2) is 5.06. The van der Waals surface area contributed by atoms with Gasteiger partial charge in [0.1, 0.15) is 11.7 Å². The van der Waals surface area contributed by atoms with Crippen molar-refractivity contribution in [1.29, 1.82) is 0 Å². The standard InChI is InChI=1S/C16H26O5/c1-10(2)15-8-7-11(17)16(21-15,12(9-15)19-6)13(18)20-14(3,4)5/h10,12H,7-9H2,1-6H3/t12-,15-,16+/m1/s1. The molecule has 3 atom stereocenters. The highest BCUT2D eigenvalue weighted by Gasteiger charge is 2.69. The Hall–Kier alpha value is -0.940. The third-order valence-electron chi connectivity index (χ3n) is 4.58. The molecule has 120 valence electrons. The summed E-state index contributed by atoms with van der Waals surface area (Å²) in [6, 6.07) is 0. The van der Waals surface area contributed by atoms with Crippen molar-refractivity contribution in [3.8, 4) is 0 Å². The zero-order valence-corrected chi connectivity index (χ0v) is 13.8. The van der Waals surface area contributed by atoms with Crippen molar-refractivity contribution in [2.75, 3.05) is 7.11 Å². The van der Waals surface area contributed by atoms with Crippen LogP contribution < -0.4 is 0 Å². The molecule has 0 unspecified atom stereocenters. The number of hydrogen-bond donors (Lipinski definition) is 0. The van der Waals surface area contributed by atoms with Gasteiger partial charge in [0.25, 0.3) is 0 Å². The average molecular weight is 298 g/mol. The molecule has 2 fully saturated rings. The molecule has 0 saturated carbocycles. The predicted molar refractivity (Wildman–Crippen MR) is 76.9 cm³/mol. The third-order valence-corrected chi connectivity index (χ3v) is 4.58. The lowest BCUT2D eigenvalue weighted by atomic mass is 9.83. The van der Waals surface area contributed by atoms with Crippen molar-refractivity contribution in [3.63, 3.8) is 0 Å². The number of ether oxygens (including phenoxy) is 3. The van der Waals surface area contributed by atoms with Crippen molar-refractivity contribution in [2.45, 2.75) is 76.8 Å². The van der Waals surface area contributed by atoms with Crippen LogP contribution in [0.1, 0.15) is 53.9 Å². The van der Waals surface area contributed by atoms with Gasteiger partial charge in [-0.3, -0.25) is 4.79 Å². The maximum atomic E-state index is 12.7. The summed E-state index contributed by atoms with van der Waals surface area (Å²) in [6.45, 7) is 9.44. The van der Waals surface area contributed by atoms with Crippen LogP contribution in [0.2, 0.25) is 0 Å². The minimum Gasteiger partial charge on any atom is -0.457 e. The molecule has 0 aliphatic carbocycles. The molecule has 0 radical (unpaired) electrons. The van der Waals surface area contributed by atoms with Gasteiger partial charge in [-0.25, -0.2) is 4.79 Å². The molecule has 2 saturated heterocycles. The van der Waals surface area contributed by atoms with Crippen LogP contribution in [0, 0.1) is 5.92 Å². The first-order chi connectivity index (χ1) is 9.57. The molecule has 2 heterocycles. The van der Waals surface area contributed by atoms with Crippen molar-refractivity contribution < 1.29 is 23.8 Å². The fraction of sp³-hybridized carbons (Fsp3) is 0.875. The molecule has 5 nitrogen and oxygen atoms in total. The highest BCUT2D eigenvalue weighted by atomic mass is 16.6. The molecular formula is C16H26O5.